The molecule has 0 saturated heterocycles. The standard InChI is InChI=1S/C4H8NO2/c1-3(5)4(6)7-2/h3H,1,5H2,2H3. The van der Waals surface area contributed by atoms with E-state index in [9.17, 15) is 4.79 Å². The van der Waals surface area contributed by atoms with Crippen LogP contribution in [0.15, 0.2) is 0 Å². The highest BCUT2D eigenvalue weighted by Crippen LogP contribution is 1.75. The number of nitrogens with two attached hydrogens (primary N) is 1. The highest BCUT2D eigenvalue weighted by molar-refractivity contribution is 5.75. The maximum atomic E-state index is 10.1. The fourth-order valence-corrected chi connectivity index (χ4v) is 0.151. The minimum absolute atomic E-state index is 0.486. The molecule has 0 spiro atoms. The Balaban J connectivity index is 3.35. The molecule has 1 radical (unpaired) electrons. The fourth-order valence-electron chi connectivity index (χ4n) is 0.151. The molecule has 1 unspecified atom stereocenters. The topological polar surface area (TPSA) is 52.3 Å². The van der Waals surface area contributed by atoms with E-state index in [0.717, 1.165) is 0 Å². The molecule has 1 atom stereocenters. The van der Waals surface area contributed by atoms with Gasteiger partial charge in [-0.2, -0.15) is 0 Å². The summed E-state index contributed by atoms with van der Waals surface area (Å²) >= 11 is 0. The highest BCUT2D eigenvalue weighted by atomic mass is 16.5. The van der Waals surface area contributed by atoms with Crippen molar-refractivity contribution in [1.82, 2.24) is 0 Å². The first-order chi connectivity index (χ1) is 3.18. The third kappa shape index (κ3) is 2.17. The molecule has 0 amide bonds. The first kappa shape index (κ1) is 6.43. The molecule has 7 heavy (non-hydrogen) atoms. The van der Waals surface area contributed by atoms with Gasteiger partial charge in [-0.15, -0.1) is 0 Å². The van der Waals surface area contributed by atoms with Gasteiger partial charge in [0, 0.05) is 0 Å². The van der Waals surface area contributed by atoms with Crippen molar-refractivity contribution in [3.63, 3.8) is 0 Å². The summed E-state index contributed by atoms with van der Waals surface area (Å²) in [5.41, 5.74) is 4.96. The number of rotatable bonds is 1. The van der Waals surface area contributed by atoms with Crippen LogP contribution in [0.3, 0.4) is 0 Å². The molecular weight excluding hydrogens is 94.0 g/mol. The molecule has 0 aromatic heterocycles. The molecule has 3 nitrogen and oxygen atoms in total. The number of ether oxygens (including phenoxy) is 1. The lowest BCUT2D eigenvalue weighted by molar-refractivity contribution is -0.141. The molecular formula is C4H8NO2. The summed E-state index contributed by atoms with van der Waals surface area (Å²) in [6, 6.07) is -0.745. The van der Waals surface area contributed by atoms with E-state index in [1.165, 1.54) is 7.11 Å². The molecule has 0 aliphatic rings. The summed E-state index contributed by atoms with van der Waals surface area (Å²) in [4.78, 5) is 10.1. The van der Waals surface area contributed by atoms with Crippen LogP contribution < -0.4 is 5.73 Å². The van der Waals surface area contributed by atoms with E-state index in [-0.39, 0.29) is 0 Å². The minimum atomic E-state index is -0.745. The van der Waals surface area contributed by atoms with Gasteiger partial charge in [-0.25, -0.2) is 0 Å². The highest BCUT2D eigenvalue weighted by Gasteiger charge is 2.03. The van der Waals surface area contributed by atoms with Crippen molar-refractivity contribution in [2.75, 3.05) is 7.11 Å². The lowest BCUT2D eigenvalue weighted by Crippen LogP contribution is -2.27. The second-order valence-corrected chi connectivity index (χ2v) is 1.13. The second-order valence-electron chi connectivity index (χ2n) is 1.13. The summed E-state index contributed by atoms with van der Waals surface area (Å²) in [6.07, 6.45) is 0. The van der Waals surface area contributed by atoms with Crippen LogP contribution >= 0.6 is 0 Å². The number of hydrogen-bond acceptors (Lipinski definition) is 3. The molecule has 0 aliphatic heterocycles. The first-order valence-electron chi connectivity index (χ1n) is 1.85. The van der Waals surface area contributed by atoms with Gasteiger partial charge in [-0.1, -0.05) is 0 Å². The quantitative estimate of drug-likeness (QED) is 0.446. The van der Waals surface area contributed by atoms with Crippen molar-refractivity contribution < 1.29 is 9.53 Å². The van der Waals surface area contributed by atoms with Crippen LogP contribution in [0.1, 0.15) is 0 Å². The molecule has 0 aromatic carbocycles. The van der Waals surface area contributed by atoms with E-state index in [4.69, 9.17) is 5.73 Å². The largest absolute Gasteiger partial charge is 0.468 e. The van der Waals surface area contributed by atoms with E-state index < -0.39 is 12.0 Å². The van der Waals surface area contributed by atoms with Gasteiger partial charge in [0.1, 0.15) is 6.04 Å². The summed E-state index contributed by atoms with van der Waals surface area (Å²) in [7, 11) is 1.27. The van der Waals surface area contributed by atoms with E-state index >= 15 is 0 Å². The Kier molecular flexibility index (Phi) is 2.37. The third-order valence-corrected chi connectivity index (χ3v) is 0.504. The van der Waals surface area contributed by atoms with Gasteiger partial charge in [0.25, 0.3) is 0 Å². The Labute approximate surface area is 42.4 Å². The van der Waals surface area contributed by atoms with E-state index in [0.29, 0.717) is 0 Å². The lowest BCUT2D eigenvalue weighted by Gasteiger charge is -1.98. The van der Waals surface area contributed by atoms with Crippen LogP contribution in [0.2, 0.25) is 0 Å². The maximum absolute atomic E-state index is 10.1. The Morgan fingerprint density at radius 3 is 2.43 bits per heavy atom. The van der Waals surface area contributed by atoms with Crippen LogP contribution in [0.25, 0.3) is 0 Å². The van der Waals surface area contributed by atoms with Crippen LogP contribution in [-0.2, 0) is 9.53 Å². The molecule has 3 heteroatoms. The van der Waals surface area contributed by atoms with Crippen molar-refractivity contribution in [2.45, 2.75) is 6.04 Å². The molecule has 0 aliphatic carbocycles. The van der Waals surface area contributed by atoms with Crippen LogP contribution in [0.5, 0.6) is 0 Å². The SMILES string of the molecule is [CH2]C(N)C(=O)OC. The van der Waals surface area contributed by atoms with Crippen molar-refractivity contribution in [3.8, 4) is 0 Å². The molecule has 0 fully saturated rings. The van der Waals surface area contributed by atoms with E-state index in [1.807, 2.05) is 0 Å². The second kappa shape index (κ2) is 2.58. The molecule has 0 aromatic rings. The minimum Gasteiger partial charge on any atom is -0.468 e. The monoisotopic (exact) mass is 102 g/mol. The van der Waals surface area contributed by atoms with E-state index in [1.54, 1.807) is 0 Å². The van der Waals surface area contributed by atoms with Crippen molar-refractivity contribution in [2.24, 2.45) is 5.73 Å². The fraction of sp³-hybridized carbons (Fsp3) is 0.500. The predicted molar refractivity (Wildman–Crippen MR) is 25.3 cm³/mol. The lowest BCUT2D eigenvalue weighted by atomic mass is 10.4. The summed E-state index contributed by atoms with van der Waals surface area (Å²) in [5.74, 6) is -0.486. The number of carbonyl (C=O) groups excluding carboxylic acids is 1. The van der Waals surface area contributed by atoms with Gasteiger partial charge >= 0.3 is 5.97 Å². The normalized spacial score (nSPS) is 13.0. The number of hydrogen-bond donors (Lipinski definition) is 1. The molecule has 0 saturated carbocycles. The van der Waals surface area contributed by atoms with Crippen molar-refractivity contribution in [1.29, 1.82) is 0 Å². The van der Waals surface area contributed by atoms with Crippen LogP contribution in [0.4, 0.5) is 0 Å². The Morgan fingerprint density at radius 2 is 2.43 bits per heavy atom. The van der Waals surface area contributed by atoms with Gasteiger partial charge in [0.2, 0.25) is 0 Å². The Hall–Kier alpha value is -0.570. The first-order valence-corrected chi connectivity index (χ1v) is 1.85. The van der Waals surface area contributed by atoms with Gasteiger partial charge in [-0.05, 0) is 6.92 Å². The van der Waals surface area contributed by atoms with Crippen LogP contribution in [0, 0.1) is 6.92 Å². The van der Waals surface area contributed by atoms with E-state index in [2.05, 4.69) is 11.7 Å². The predicted octanol–water partition coefficient (Wildman–Crippen LogP) is -0.679. The Morgan fingerprint density at radius 1 is 2.00 bits per heavy atom. The summed E-state index contributed by atoms with van der Waals surface area (Å²) in [5, 5.41) is 0. The van der Waals surface area contributed by atoms with Crippen molar-refractivity contribution >= 4 is 5.97 Å². The maximum Gasteiger partial charge on any atom is 0.322 e. The third-order valence-electron chi connectivity index (χ3n) is 0.504. The average Bonchev–Trinajstić information content (AvgIpc) is 1.65. The molecule has 0 heterocycles. The van der Waals surface area contributed by atoms with Crippen LogP contribution in [-0.4, -0.2) is 19.1 Å². The molecule has 0 bridgehead atoms. The number of methoxy groups -OCH3 is 1. The zero-order chi connectivity index (χ0) is 5.86. The number of carbonyl (C=O) groups is 1. The zero-order valence-corrected chi connectivity index (χ0v) is 4.18. The zero-order valence-electron chi connectivity index (χ0n) is 4.18. The van der Waals surface area contributed by atoms with Gasteiger partial charge in [0.05, 0.1) is 7.11 Å². The summed E-state index contributed by atoms with van der Waals surface area (Å²) in [6.45, 7) is 3.21. The molecule has 41 valence electrons. The number of esters is 1. The Bertz CT molecular complexity index is 70.1. The summed E-state index contributed by atoms with van der Waals surface area (Å²) < 4.78 is 4.19. The van der Waals surface area contributed by atoms with Gasteiger partial charge in [0.15, 0.2) is 0 Å². The van der Waals surface area contributed by atoms with Crippen molar-refractivity contribution in [3.05, 3.63) is 6.92 Å². The molecule has 2 N–H and O–H groups in total. The smallest absolute Gasteiger partial charge is 0.322 e. The molecule has 0 rings (SSSR count). The van der Waals surface area contributed by atoms with Gasteiger partial charge in [-0.3, -0.25) is 4.79 Å². The van der Waals surface area contributed by atoms with Gasteiger partial charge < -0.3 is 10.5 Å². The average molecular weight is 102 g/mol.